The number of hydrogen-bond donors (Lipinski definition) is 3. The quantitative estimate of drug-likeness (QED) is 0.285. The molecule has 5 nitrogen and oxygen atoms in total. The van der Waals surface area contributed by atoms with Crippen LogP contribution in [0.25, 0.3) is 0 Å². The van der Waals surface area contributed by atoms with E-state index in [2.05, 4.69) is 10.3 Å². The molecule has 28 heavy (non-hydrogen) atoms. The highest BCUT2D eigenvalue weighted by Crippen LogP contribution is 2.31. The monoisotopic (exact) mass is 445 g/mol. The molecule has 0 bridgehead atoms. The van der Waals surface area contributed by atoms with Gasteiger partial charge in [-0.25, -0.2) is 4.98 Å². The van der Waals surface area contributed by atoms with Gasteiger partial charge in [-0.05, 0) is 43.5 Å². The maximum absolute atomic E-state index is 10.2. The number of aryl methyl sites for hydroxylation is 1. The molecular formula is C20H29Cl2N3O2S. The lowest BCUT2D eigenvalue weighted by Gasteiger charge is -2.14. The van der Waals surface area contributed by atoms with Crippen molar-refractivity contribution in [3.63, 3.8) is 0 Å². The number of benzene rings is 1. The second-order valence-corrected chi connectivity index (χ2v) is 8.47. The first-order chi connectivity index (χ1) is 13.6. The Kier molecular flexibility index (Phi) is 11.2. The van der Waals surface area contributed by atoms with Crippen molar-refractivity contribution in [1.82, 2.24) is 10.3 Å². The standard InChI is InChI=1S/C20H29Cl2N3O2S/c21-16-12-15(13-17(22)20(16)23)18(26)14-24-7-3-1-2-4-9-27-10-5-6-19-25-8-11-28-19/h8,11-13,18,24,26H,1-7,9-10,14,23H2. The molecule has 1 unspecified atom stereocenters. The van der Waals surface area contributed by atoms with E-state index in [1.807, 2.05) is 11.6 Å². The fourth-order valence-corrected chi connectivity index (χ4v) is 3.93. The van der Waals surface area contributed by atoms with Crippen molar-refractivity contribution < 1.29 is 9.84 Å². The Morgan fingerprint density at radius 3 is 2.54 bits per heavy atom. The summed E-state index contributed by atoms with van der Waals surface area (Å²) in [5.74, 6) is 0. The summed E-state index contributed by atoms with van der Waals surface area (Å²) in [5, 5.41) is 17.4. The fourth-order valence-electron chi connectivity index (χ4n) is 2.76. The summed E-state index contributed by atoms with van der Waals surface area (Å²) >= 11 is 13.7. The van der Waals surface area contributed by atoms with Gasteiger partial charge in [-0.15, -0.1) is 11.3 Å². The molecule has 0 radical (unpaired) electrons. The minimum Gasteiger partial charge on any atom is -0.396 e. The van der Waals surface area contributed by atoms with Gasteiger partial charge in [-0.1, -0.05) is 36.0 Å². The number of aliphatic hydroxyl groups is 1. The second-order valence-electron chi connectivity index (χ2n) is 6.67. The van der Waals surface area contributed by atoms with E-state index in [-0.39, 0.29) is 0 Å². The molecule has 0 aliphatic carbocycles. The van der Waals surface area contributed by atoms with Gasteiger partial charge in [0.2, 0.25) is 0 Å². The number of hydrogen-bond acceptors (Lipinski definition) is 6. The van der Waals surface area contributed by atoms with Gasteiger partial charge < -0.3 is 20.9 Å². The van der Waals surface area contributed by atoms with Gasteiger partial charge in [0, 0.05) is 37.8 Å². The second kappa shape index (κ2) is 13.4. The zero-order valence-electron chi connectivity index (χ0n) is 16.0. The van der Waals surface area contributed by atoms with Crippen molar-refractivity contribution in [2.24, 2.45) is 0 Å². The van der Waals surface area contributed by atoms with Crippen LogP contribution in [-0.2, 0) is 11.2 Å². The molecule has 1 atom stereocenters. The van der Waals surface area contributed by atoms with E-state index >= 15 is 0 Å². The zero-order valence-corrected chi connectivity index (χ0v) is 18.3. The summed E-state index contributed by atoms with van der Waals surface area (Å²) in [6.07, 6.45) is 7.68. The van der Waals surface area contributed by atoms with Crippen LogP contribution >= 0.6 is 34.5 Å². The molecule has 0 saturated carbocycles. The Balaban J connectivity index is 1.42. The number of halogens is 2. The third-order valence-electron chi connectivity index (χ3n) is 4.38. The summed E-state index contributed by atoms with van der Waals surface area (Å²) in [5.41, 5.74) is 6.73. The Hall–Kier alpha value is -0.890. The third kappa shape index (κ3) is 8.64. The first-order valence-electron chi connectivity index (χ1n) is 9.67. The van der Waals surface area contributed by atoms with Crippen LogP contribution in [0.5, 0.6) is 0 Å². The molecule has 0 spiro atoms. The normalized spacial score (nSPS) is 12.4. The Bertz CT molecular complexity index is 663. The summed E-state index contributed by atoms with van der Waals surface area (Å²) in [6.45, 7) is 2.95. The summed E-state index contributed by atoms with van der Waals surface area (Å²) in [6, 6.07) is 3.32. The molecule has 1 heterocycles. The lowest BCUT2D eigenvalue weighted by Crippen LogP contribution is -2.22. The smallest absolute Gasteiger partial charge is 0.0925 e. The Labute approximate surface area is 181 Å². The van der Waals surface area contributed by atoms with Gasteiger partial charge in [0.1, 0.15) is 0 Å². The van der Waals surface area contributed by atoms with Crippen molar-refractivity contribution in [3.8, 4) is 0 Å². The lowest BCUT2D eigenvalue weighted by atomic mass is 10.1. The third-order valence-corrected chi connectivity index (χ3v) is 5.84. The van der Waals surface area contributed by atoms with Gasteiger partial charge in [-0.3, -0.25) is 0 Å². The van der Waals surface area contributed by atoms with Crippen LogP contribution < -0.4 is 11.1 Å². The van der Waals surface area contributed by atoms with Gasteiger partial charge in [0.15, 0.2) is 0 Å². The molecule has 0 saturated heterocycles. The molecule has 0 aliphatic heterocycles. The van der Waals surface area contributed by atoms with E-state index in [9.17, 15) is 5.11 Å². The van der Waals surface area contributed by atoms with Crippen LogP contribution in [0, 0.1) is 0 Å². The van der Waals surface area contributed by atoms with Gasteiger partial charge in [0.05, 0.1) is 26.8 Å². The Morgan fingerprint density at radius 1 is 1.11 bits per heavy atom. The van der Waals surface area contributed by atoms with Crippen molar-refractivity contribution in [2.75, 3.05) is 32.0 Å². The lowest BCUT2D eigenvalue weighted by molar-refractivity contribution is 0.127. The first-order valence-corrected chi connectivity index (χ1v) is 11.3. The van der Waals surface area contributed by atoms with Crippen molar-refractivity contribution in [2.45, 2.75) is 44.6 Å². The highest BCUT2D eigenvalue weighted by molar-refractivity contribution is 7.09. The SMILES string of the molecule is Nc1c(Cl)cc(C(O)CNCCCCCCOCCCc2nccs2)cc1Cl. The molecule has 4 N–H and O–H groups in total. The average Bonchev–Trinajstić information content (AvgIpc) is 3.19. The number of ether oxygens (including phenoxy) is 1. The van der Waals surface area contributed by atoms with Crippen LogP contribution in [0.1, 0.15) is 48.8 Å². The predicted molar refractivity (Wildman–Crippen MR) is 118 cm³/mol. The number of thiazole rings is 1. The topological polar surface area (TPSA) is 80.4 Å². The largest absolute Gasteiger partial charge is 0.396 e. The molecule has 156 valence electrons. The van der Waals surface area contributed by atoms with Gasteiger partial charge in [0.25, 0.3) is 0 Å². The van der Waals surface area contributed by atoms with Crippen molar-refractivity contribution in [3.05, 3.63) is 44.3 Å². The van der Waals surface area contributed by atoms with E-state index in [1.165, 1.54) is 5.01 Å². The fraction of sp³-hybridized carbons (Fsp3) is 0.550. The van der Waals surface area contributed by atoms with E-state index in [0.29, 0.717) is 27.8 Å². The first kappa shape index (κ1) is 23.4. The van der Waals surface area contributed by atoms with Gasteiger partial charge in [-0.2, -0.15) is 0 Å². The van der Waals surface area contributed by atoms with Crippen LogP contribution in [0.4, 0.5) is 5.69 Å². The number of nitrogens with two attached hydrogens (primary N) is 1. The molecule has 1 aromatic heterocycles. The molecular weight excluding hydrogens is 417 g/mol. The van der Waals surface area contributed by atoms with Crippen LogP contribution in [-0.4, -0.2) is 36.4 Å². The van der Waals surface area contributed by atoms with Gasteiger partial charge >= 0.3 is 0 Å². The number of nitrogens with zero attached hydrogens (tertiary/aromatic N) is 1. The molecule has 2 aromatic rings. The number of unbranched alkanes of at least 4 members (excludes halogenated alkanes) is 3. The highest BCUT2D eigenvalue weighted by Gasteiger charge is 2.11. The number of aliphatic hydroxyl groups excluding tert-OH is 1. The van der Waals surface area contributed by atoms with Crippen LogP contribution in [0.3, 0.4) is 0 Å². The molecule has 2 rings (SSSR count). The van der Waals surface area contributed by atoms with Crippen molar-refractivity contribution in [1.29, 1.82) is 0 Å². The predicted octanol–water partition coefficient (Wildman–Crippen LogP) is 4.86. The zero-order chi connectivity index (χ0) is 20.2. The highest BCUT2D eigenvalue weighted by atomic mass is 35.5. The molecule has 0 aliphatic rings. The number of anilines is 1. The van der Waals surface area contributed by atoms with E-state index in [1.54, 1.807) is 23.5 Å². The Morgan fingerprint density at radius 2 is 1.82 bits per heavy atom. The number of nitrogen functional groups attached to an aromatic ring is 1. The molecule has 0 amide bonds. The summed E-state index contributed by atoms with van der Waals surface area (Å²) in [4.78, 5) is 4.26. The van der Waals surface area contributed by atoms with Crippen LogP contribution in [0.2, 0.25) is 10.0 Å². The minimum atomic E-state index is -0.659. The number of nitrogens with one attached hydrogen (secondary N) is 1. The molecule has 8 heteroatoms. The summed E-state index contributed by atoms with van der Waals surface area (Å²) in [7, 11) is 0. The number of rotatable bonds is 14. The summed E-state index contributed by atoms with van der Waals surface area (Å²) < 4.78 is 5.67. The maximum atomic E-state index is 10.2. The van der Waals surface area contributed by atoms with E-state index < -0.39 is 6.10 Å². The van der Waals surface area contributed by atoms with Crippen LogP contribution in [0.15, 0.2) is 23.7 Å². The van der Waals surface area contributed by atoms with Crippen molar-refractivity contribution >= 4 is 40.2 Å². The molecule has 1 aromatic carbocycles. The van der Waals surface area contributed by atoms with E-state index in [4.69, 9.17) is 33.7 Å². The number of aromatic nitrogens is 1. The van der Waals surface area contributed by atoms with E-state index in [0.717, 1.165) is 58.3 Å². The average molecular weight is 446 g/mol. The minimum absolute atomic E-state index is 0.343. The molecule has 0 fully saturated rings. The maximum Gasteiger partial charge on any atom is 0.0925 e.